The van der Waals surface area contributed by atoms with Gasteiger partial charge < -0.3 is 10.1 Å². The molecule has 5 nitrogen and oxygen atoms in total. The maximum atomic E-state index is 14.4. The molecule has 6 heteroatoms. The zero-order chi connectivity index (χ0) is 18.9. The van der Waals surface area contributed by atoms with Gasteiger partial charge in [0.2, 0.25) is 5.91 Å². The second kappa shape index (κ2) is 7.27. The Morgan fingerprint density at radius 2 is 2.19 bits per heavy atom. The van der Waals surface area contributed by atoms with E-state index in [4.69, 9.17) is 4.74 Å². The zero-order valence-corrected chi connectivity index (χ0v) is 15.4. The molecule has 27 heavy (non-hydrogen) atoms. The highest BCUT2D eigenvalue weighted by Crippen LogP contribution is 2.37. The van der Waals surface area contributed by atoms with Crippen molar-refractivity contribution in [3.8, 4) is 16.9 Å². The summed E-state index contributed by atoms with van der Waals surface area (Å²) in [6.45, 7) is 3.18. The Kier molecular flexibility index (Phi) is 4.83. The maximum Gasteiger partial charge on any atom is 0.240 e. The largest absolute Gasteiger partial charge is 0.494 e. The number of nitrogens with zero attached hydrogens (tertiary/aromatic N) is 1. The van der Waals surface area contributed by atoms with Crippen LogP contribution in [0.5, 0.6) is 5.75 Å². The number of hydrogen-bond donors (Lipinski definition) is 2. The predicted molar refractivity (Wildman–Crippen MR) is 101 cm³/mol. The number of benzene rings is 1. The van der Waals surface area contributed by atoms with Gasteiger partial charge >= 0.3 is 0 Å². The van der Waals surface area contributed by atoms with Crippen LogP contribution >= 0.6 is 0 Å². The lowest BCUT2D eigenvalue weighted by Crippen LogP contribution is -2.57. The molecule has 1 amide bonds. The lowest BCUT2D eigenvalue weighted by molar-refractivity contribution is -0.129. The summed E-state index contributed by atoms with van der Waals surface area (Å²) in [4.78, 5) is 16.9. The zero-order valence-electron chi connectivity index (χ0n) is 15.4. The number of pyridine rings is 1. The Bertz CT molecular complexity index is 857. The summed E-state index contributed by atoms with van der Waals surface area (Å²) in [5.74, 6) is 0.435. The van der Waals surface area contributed by atoms with E-state index in [1.165, 1.54) is 6.07 Å². The standard InChI is InChI=1S/C21H24FN3O2/c1-2-27-15-4-5-17(22)16(13-15)14-7-11-23-19(12-14)18-6-9-21(25-18)8-3-10-24-20(21)26/h4-5,7,11-13,18,25H,2-3,6,8-10H2,1H3,(H,24,26)/t18?,21-/m1/s1. The van der Waals surface area contributed by atoms with Crippen molar-refractivity contribution in [3.63, 3.8) is 0 Å². The average Bonchev–Trinajstić information content (AvgIpc) is 3.11. The number of amides is 1. The van der Waals surface area contributed by atoms with Crippen LogP contribution in [-0.2, 0) is 4.79 Å². The number of halogens is 1. The first kappa shape index (κ1) is 17.9. The van der Waals surface area contributed by atoms with Crippen molar-refractivity contribution in [2.24, 2.45) is 0 Å². The molecule has 0 radical (unpaired) electrons. The normalized spacial score (nSPS) is 24.8. The van der Waals surface area contributed by atoms with Crippen molar-refractivity contribution in [1.82, 2.24) is 15.6 Å². The van der Waals surface area contributed by atoms with Gasteiger partial charge in [0.25, 0.3) is 0 Å². The number of rotatable bonds is 4. The lowest BCUT2D eigenvalue weighted by Gasteiger charge is -2.33. The minimum absolute atomic E-state index is 0.00747. The molecule has 0 aliphatic carbocycles. The molecule has 2 fully saturated rings. The van der Waals surface area contributed by atoms with E-state index in [0.717, 1.165) is 43.5 Å². The van der Waals surface area contributed by atoms with E-state index >= 15 is 0 Å². The summed E-state index contributed by atoms with van der Waals surface area (Å²) in [5, 5.41) is 6.47. The fourth-order valence-electron chi connectivity index (χ4n) is 4.13. The number of piperidine rings is 1. The number of ether oxygens (including phenoxy) is 1. The SMILES string of the molecule is CCOc1ccc(F)c(-c2ccnc(C3CC[C@@]4(CCCNC4=O)N3)c2)c1. The molecule has 4 rings (SSSR count). The number of carbonyl (C=O) groups is 1. The molecule has 2 N–H and O–H groups in total. The number of aromatic nitrogens is 1. The van der Waals surface area contributed by atoms with E-state index in [9.17, 15) is 9.18 Å². The van der Waals surface area contributed by atoms with Crippen molar-refractivity contribution in [3.05, 3.63) is 48.0 Å². The summed E-state index contributed by atoms with van der Waals surface area (Å²) in [7, 11) is 0. The molecule has 2 atom stereocenters. The first-order valence-electron chi connectivity index (χ1n) is 9.56. The molecular formula is C21H24FN3O2. The summed E-state index contributed by atoms with van der Waals surface area (Å²) in [5.41, 5.74) is 1.60. The summed E-state index contributed by atoms with van der Waals surface area (Å²) in [6.07, 6.45) is 5.16. The molecule has 0 bridgehead atoms. The minimum Gasteiger partial charge on any atom is -0.494 e. The highest BCUT2D eigenvalue weighted by atomic mass is 19.1. The first-order chi connectivity index (χ1) is 13.1. The Hall–Kier alpha value is -2.47. The topological polar surface area (TPSA) is 63.2 Å². The smallest absolute Gasteiger partial charge is 0.240 e. The van der Waals surface area contributed by atoms with E-state index in [1.807, 2.05) is 13.0 Å². The van der Waals surface area contributed by atoms with Crippen LogP contribution in [-0.4, -0.2) is 29.6 Å². The Balaban J connectivity index is 1.60. The van der Waals surface area contributed by atoms with Crippen LogP contribution < -0.4 is 15.4 Å². The monoisotopic (exact) mass is 369 g/mol. The maximum absolute atomic E-state index is 14.4. The van der Waals surface area contributed by atoms with Crippen LogP contribution in [0.3, 0.4) is 0 Å². The molecule has 2 aromatic rings. The van der Waals surface area contributed by atoms with Gasteiger partial charge in [-0.1, -0.05) is 0 Å². The van der Waals surface area contributed by atoms with Crippen LogP contribution in [0, 0.1) is 5.82 Å². The molecule has 2 saturated heterocycles. The van der Waals surface area contributed by atoms with Gasteiger partial charge in [-0.25, -0.2) is 4.39 Å². The Morgan fingerprint density at radius 1 is 1.30 bits per heavy atom. The van der Waals surface area contributed by atoms with Crippen LogP contribution in [0.4, 0.5) is 4.39 Å². The molecule has 1 aromatic carbocycles. The van der Waals surface area contributed by atoms with E-state index in [2.05, 4.69) is 15.6 Å². The number of carbonyl (C=O) groups excluding carboxylic acids is 1. The second-order valence-corrected chi connectivity index (χ2v) is 7.22. The van der Waals surface area contributed by atoms with Gasteiger partial charge in [-0.05, 0) is 68.5 Å². The van der Waals surface area contributed by atoms with Gasteiger partial charge in [-0.2, -0.15) is 0 Å². The first-order valence-corrected chi connectivity index (χ1v) is 9.56. The fraction of sp³-hybridized carbons (Fsp3) is 0.429. The van der Waals surface area contributed by atoms with E-state index in [-0.39, 0.29) is 17.8 Å². The highest BCUT2D eigenvalue weighted by Gasteiger charge is 2.46. The van der Waals surface area contributed by atoms with Gasteiger partial charge in [0, 0.05) is 18.3 Å². The second-order valence-electron chi connectivity index (χ2n) is 7.22. The Labute approximate surface area is 158 Å². The molecular weight excluding hydrogens is 345 g/mol. The van der Waals surface area contributed by atoms with Crippen molar-refractivity contribution in [2.75, 3.05) is 13.2 Å². The van der Waals surface area contributed by atoms with Gasteiger partial charge in [-0.3, -0.25) is 15.1 Å². The third-order valence-electron chi connectivity index (χ3n) is 5.51. The van der Waals surface area contributed by atoms with Gasteiger partial charge in [-0.15, -0.1) is 0 Å². The van der Waals surface area contributed by atoms with Crippen molar-refractivity contribution >= 4 is 5.91 Å². The molecule has 2 aliphatic rings. The van der Waals surface area contributed by atoms with Crippen LogP contribution in [0.15, 0.2) is 36.5 Å². The summed E-state index contributed by atoms with van der Waals surface area (Å²) in [6, 6.07) is 8.48. The molecule has 2 aliphatic heterocycles. The van der Waals surface area contributed by atoms with E-state index < -0.39 is 5.54 Å². The highest BCUT2D eigenvalue weighted by molar-refractivity contribution is 5.87. The Morgan fingerprint density at radius 3 is 3.00 bits per heavy atom. The molecule has 0 saturated carbocycles. The van der Waals surface area contributed by atoms with Crippen molar-refractivity contribution < 1.29 is 13.9 Å². The molecule has 1 aromatic heterocycles. The quantitative estimate of drug-likeness (QED) is 0.868. The molecule has 142 valence electrons. The molecule has 3 heterocycles. The molecule has 1 spiro atoms. The number of nitrogens with one attached hydrogen (secondary N) is 2. The van der Waals surface area contributed by atoms with Crippen molar-refractivity contribution in [1.29, 1.82) is 0 Å². The van der Waals surface area contributed by atoms with E-state index in [0.29, 0.717) is 17.9 Å². The third-order valence-corrected chi connectivity index (χ3v) is 5.51. The van der Waals surface area contributed by atoms with Crippen molar-refractivity contribution in [2.45, 2.75) is 44.2 Å². The average molecular weight is 369 g/mol. The lowest BCUT2D eigenvalue weighted by atomic mass is 9.88. The minimum atomic E-state index is -0.485. The van der Waals surface area contributed by atoms with E-state index in [1.54, 1.807) is 24.4 Å². The predicted octanol–water partition coefficient (Wildman–Crippen LogP) is 3.36. The number of hydrogen-bond acceptors (Lipinski definition) is 4. The van der Waals surface area contributed by atoms with Crippen LogP contribution in [0.1, 0.15) is 44.3 Å². The van der Waals surface area contributed by atoms with Crippen LogP contribution in [0.25, 0.3) is 11.1 Å². The summed E-state index contributed by atoms with van der Waals surface area (Å²) < 4.78 is 19.9. The molecule has 1 unspecified atom stereocenters. The fourth-order valence-corrected chi connectivity index (χ4v) is 4.13. The van der Waals surface area contributed by atoms with Gasteiger partial charge in [0.15, 0.2) is 0 Å². The third kappa shape index (κ3) is 3.41. The van der Waals surface area contributed by atoms with Gasteiger partial charge in [0.1, 0.15) is 11.6 Å². The van der Waals surface area contributed by atoms with Crippen LogP contribution in [0.2, 0.25) is 0 Å². The summed E-state index contributed by atoms with van der Waals surface area (Å²) >= 11 is 0. The van der Waals surface area contributed by atoms with Gasteiger partial charge in [0.05, 0.1) is 23.9 Å².